The average Bonchev–Trinajstić information content (AvgIpc) is 2.44. The molecular formula is C16H18O4. The number of benzene rings is 2. The number of carbonyl (C=O) groups is 1. The summed E-state index contributed by atoms with van der Waals surface area (Å²) in [6, 6.07) is 11.3. The van der Waals surface area contributed by atoms with Crippen molar-refractivity contribution in [1.82, 2.24) is 0 Å². The zero-order valence-corrected chi connectivity index (χ0v) is 11.6. The van der Waals surface area contributed by atoms with Crippen LogP contribution in [0.5, 0.6) is 5.75 Å². The monoisotopic (exact) mass is 274 g/mol. The van der Waals surface area contributed by atoms with E-state index in [9.17, 15) is 9.90 Å². The molecule has 0 bridgehead atoms. The van der Waals surface area contributed by atoms with Gasteiger partial charge in [0.15, 0.2) is 0 Å². The number of carboxylic acid groups (broad SMARTS) is 1. The van der Waals surface area contributed by atoms with E-state index in [0.29, 0.717) is 0 Å². The Hall–Kier alpha value is -2.07. The summed E-state index contributed by atoms with van der Waals surface area (Å²) < 4.78 is 5.17. The van der Waals surface area contributed by atoms with Crippen molar-refractivity contribution in [3.05, 3.63) is 42.0 Å². The third-order valence-electron chi connectivity index (χ3n) is 3.49. The molecule has 1 atom stereocenters. The highest BCUT2D eigenvalue weighted by Gasteiger charge is 2.24. The highest BCUT2D eigenvalue weighted by atomic mass is 16.5. The lowest BCUT2D eigenvalue weighted by atomic mass is 9.89. The number of carboxylic acids is 1. The lowest BCUT2D eigenvalue weighted by molar-refractivity contribution is -0.138. The average molecular weight is 274 g/mol. The van der Waals surface area contributed by atoms with Gasteiger partial charge < -0.3 is 14.9 Å². The predicted molar refractivity (Wildman–Crippen MR) is 76.9 cm³/mol. The molecule has 0 aromatic heterocycles. The first-order valence-electron chi connectivity index (χ1n) is 6.45. The van der Waals surface area contributed by atoms with Gasteiger partial charge in [-0.15, -0.1) is 0 Å². The van der Waals surface area contributed by atoms with Crippen molar-refractivity contribution in [2.45, 2.75) is 25.4 Å². The number of hydrogen-bond donors (Lipinski definition) is 2. The normalized spacial score (nSPS) is 13.9. The first-order valence-corrected chi connectivity index (χ1v) is 6.45. The second-order valence-corrected chi connectivity index (χ2v) is 5.10. The van der Waals surface area contributed by atoms with Crippen molar-refractivity contribution in [2.24, 2.45) is 0 Å². The Bertz CT molecular complexity index is 631. The Labute approximate surface area is 117 Å². The van der Waals surface area contributed by atoms with Crippen molar-refractivity contribution in [3.63, 3.8) is 0 Å². The zero-order valence-electron chi connectivity index (χ0n) is 11.6. The summed E-state index contributed by atoms with van der Waals surface area (Å²) in [4.78, 5) is 10.6. The molecule has 4 heteroatoms. The van der Waals surface area contributed by atoms with E-state index in [1.165, 1.54) is 0 Å². The SMILES string of the molecule is COc1ccc2cc(C(C)(O)CCC(=O)O)ccc2c1. The number of fused-ring (bicyclic) bond motifs is 1. The standard InChI is InChI=1S/C16H18O4/c1-16(19,8-7-15(17)18)13-5-3-12-10-14(20-2)6-4-11(12)9-13/h3-6,9-10,19H,7-8H2,1-2H3,(H,17,18). The number of aliphatic hydroxyl groups is 1. The molecule has 0 fully saturated rings. The van der Waals surface area contributed by atoms with E-state index < -0.39 is 11.6 Å². The van der Waals surface area contributed by atoms with E-state index in [4.69, 9.17) is 9.84 Å². The molecular weight excluding hydrogens is 256 g/mol. The summed E-state index contributed by atoms with van der Waals surface area (Å²) in [5.74, 6) is -0.126. The molecule has 2 rings (SSSR count). The lowest BCUT2D eigenvalue weighted by Gasteiger charge is -2.23. The highest BCUT2D eigenvalue weighted by Crippen LogP contribution is 2.30. The van der Waals surface area contributed by atoms with Crippen LogP contribution >= 0.6 is 0 Å². The number of ether oxygens (including phenoxy) is 1. The minimum absolute atomic E-state index is 0.0619. The molecule has 0 aliphatic carbocycles. The molecule has 2 N–H and O–H groups in total. The molecule has 0 heterocycles. The molecule has 20 heavy (non-hydrogen) atoms. The van der Waals surface area contributed by atoms with Gasteiger partial charge in [-0.25, -0.2) is 0 Å². The molecule has 106 valence electrons. The number of hydrogen-bond acceptors (Lipinski definition) is 3. The molecule has 2 aromatic carbocycles. The van der Waals surface area contributed by atoms with E-state index in [-0.39, 0.29) is 12.8 Å². The molecule has 0 aliphatic rings. The molecule has 0 saturated carbocycles. The van der Waals surface area contributed by atoms with Gasteiger partial charge in [-0.3, -0.25) is 4.79 Å². The fraction of sp³-hybridized carbons (Fsp3) is 0.312. The van der Waals surface area contributed by atoms with Gasteiger partial charge in [-0.05, 0) is 47.9 Å². The maximum atomic E-state index is 10.6. The van der Waals surface area contributed by atoms with Crippen molar-refractivity contribution in [3.8, 4) is 5.75 Å². The second-order valence-electron chi connectivity index (χ2n) is 5.10. The van der Waals surface area contributed by atoms with E-state index in [1.54, 1.807) is 14.0 Å². The summed E-state index contributed by atoms with van der Waals surface area (Å²) in [7, 11) is 1.62. The Morgan fingerprint density at radius 2 is 1.85 bits per heavy atom. The van der Waals surface area contributed by atoms with Gasteiger partial charge >= 0.3 is 5.97 Å². The smallest absolute Gasteiger partial charge is 0.303 e. The quantitative estimate of drug-likeness (QED) is 0.879. The van der Waals surface area contributed by atoms with Crippen molar-refractivity contribution < 1.29 is 19.7 Å². The maximum absolute atomic E-state index is 10.6. The fourth-order valence-corrected chi connectivity index (χ4v) is 2.18. The van der Waals surface area contributed by atoms with Crippen LogP contribution < -0.4 is 4.74 Å². The molecule has 0 aliphatic heterocycles. The molecule has 0 radical (unpaired) electrons. The fourth-order valence-electron chi connectivity index (χ4n) is 2.18. The van der Waals surface area contributed by atoms with Crippen LogP contribution in [0.2, 0.25) is 0 Å². The van der Waals surface area contributed by atoms with E-state index >= 15 is 0 Å². The van der Waals surface area contributed by atoms with Crippen LogP contribution in [0, 0.1) is 0 Å². The number of methoxy groups -OCH3 is 1. The van der Waals surface area contributed by atoms with Crippen LogP contribution in [-0.4, -0.2) is 23.3 Å². The predicted octanol–water partition coefficient (Wildman–Crippen LogP) is 2.92. The summed E-state index contributed by atoms with van der Waals surface area (Å²) in [6.07, 6.45) is 0.123. The second kappa shape index (κ2) is 5.51. The van der Waals surface area contributed by atoms with Crippen molar-refractivity contribution in [2.75, 3.05) is 7.11 Å². The van der Waals surface area contributed by atoms with Gasteiger partial charge in [0.05, 0.1) is 12.7 Å². The van der Waals surface area contributed by atoms with E-state index in [0.717, 1.165) is 22.1 Å². The minimum atomic E-state index is -1.15. The lowest BCUT2D eigenvalue weighted by Crippen LogP contribution is -2.22. The first-order chi connectivity index (χ1) is 9.42. The third-order valence-corrected chi connectivity index (χ3v) is 3.49. The molecule has 0 spiro atoms. The van der Waals surface area contributed by atoms with Crippen LogP contribution in [0.4, 0.5) is 0 Å². The van der Waals surface area contributed by atoms with Gasteiger partial charge in [0.2, 0.25) is 0 Å². The zero-order chi connectivity index (χ0) is 14.8. The van der Waals surface area contributed by atoms with Gasteiger partial charge in [0.25, 0.3) is 0 Å². The molecule has 0 saturated heterocycles. The summed E-state index contributed by atoms with van der Waals surface area (Å²) in [5.41, 5.74) is -0.427. The Kier molecular flexibility index (Phi) is 3.95. The Morgan fingerprint density at radius 3 is 2.50 bits per heavy atom. The van der Waals surface area contributed by atoms with Gasteiger partial charge in [-0.1, -0.05) is 18.2 Å². The van der Waals surface area contributed by atoms with E-state index in [1.807, 2.05) is 36.4 Å². The van der Waals surface area contributed by atoms with Gasteiger partial charge in [0.1, 0.15) is 5.75 Å². The Balaban J connectivity index is 2.33. The largest absolute Gasteiger partial charge is 0.497 e. The minimum Gasteiger partial charge on any atom is -0.497 e. The number of rotatable bonds is 5. The van der Waals surface area contributed by atoms with Gasteiger partial charge in [0, 0.05) is 6.42 Å². The summed E-state index contributed by atoms with van der Waals surface area (Å²) >= 11 is 0. The summed E-state index contributed by atoms with van der Waals surface area (Å²) in [6.45, 7) is 1.64. The first kappa shape index (κ1) is 14.3. The number of aliphatic carboxylic acids is 1. The topological polar surface area (TPSA) is 66.8 Å². The molecule has 0 amide bonds. The molecule has 1 unspecified atom stereocenters. The highest BCUT2D eigenvalue weighted by molar-refractivity contribution is 5.84. The summed E-state index contributed by atoms with van der Waals surface area (Å²) in [5, 5.41) is 21.1. The van der Waals surface area contributed by atoms with Gasteiger partial charge in [-0.2, -0.15) is 0 Å². The molecule has 2 aromatic rings. The molecule has 4 nitrogen and oxygen atoms in total. The Morgan fingerprint density at radius 1 is 1.20 bits per heavy atom. The van der Waals surface area contributed by atoms with Crippen LogP contribution in [-0.2, 0) is 10.4 Å². The van der Waals surface area contributed by atoms with Crippen LogP contribution in [0.25, 0.3) is 10.8 Å². The van der Waals surface area contributed by atoms with E-state index in [2.05, 4.69) is 0 Å². The maximum Gasteiger partial charge on any atom is 0.303 e. The van der Waals surface area contributed by atoms with Crippen LogP contribution in [0.3, 0.4) is 0 Å². The van der Waals surface area contributed by atoms with Crippen molar-refractivity contribution >= 4 is 16.7 Å². The van der Waals surface area contributed by atoms with Crippen LogP contribution in [0.1, 0.15) is 25.3 Å². The third kappa shape index (κ3) is 3.08. The van der Waals surface area contributed by atoms with Crippen LogP contribution in [0.15, 0.2) is 36.4 Å². The van der Waals surface area contributed by atoms with Crippen molar-refractivity contribution in [1.29, 1.82) is 0 Å².